The van der Waals surface area contributed by atoms with Crippen LogP contribution in [0.4, 0.5) is 11.4 Å². The van der Waals surface area contributed by atoms with Crippen molar-refractivity contribution >= 4 is 28.9 Å². The molecular weight excluding hydrogens is 302 g/mol. The summed E-state index contributed by atoms with van der Waals surface area (Å²) < 4.78 is 5.51. The molecule has 0 bridgehead atoms. The first-order chi connectivity index (χ1) is 10.7. The van der Waals surface area contributed by atoms with Crippen LogP contribution in [-0.4, -0.2) is 44.8 Å². The molecule has 0 saturated carbocycles. The molecule has 2 heterocycles. The van der Waals surface area contributed by atoms with Crippen molar-refractivity contribution in [2.45, 2.75) is 25.4 Å². The van der Waals surface area contributed by atoms with E-state index in [-0.39, 0.29) is 5.91 Å². The first kappa shape index (κ1) is 15.6. The summed E-state index contributed by atoms with van der Waals surface area (Å²) >= 11 is 6.11. The molecular formula is C16H22ClN3O2. The number of amides is 1. The number of nitrogens with zero attached hydrogens (tertiary/aromatic N) is 1. The minimum absolute atomic E-state index is 0.118. The average molecular weight is 324 g/mol. The van der Waals surface area contributed by atoms with E-state index in [9.17, 15) is 4.79 Å². The Bertz CT molecular complexity index is 526. The molecule has 22 heavy (non-hydrogen) atoms. The molecule has 1 aromatic carbocycles. The number of anilines is 2. The second-order valence-corrected chi connectivity index (χ2v) is 6.20. The van der Waals surface area contributed by atoms with Gasteiger partial charge in [-0.25, -0.2) is 0 Å². The number of piperidine rings is 1. The van der Waals surface area contributed by atoms with Gasteiger partial charge in [-0.1, -0.05) is 11.6 Å². The van der Waals surface area contributed by atoms with Gasteiger partial charge in [-0.15, -0.1) is 0 Å². The van der Waals surface area contributed by atoms with Gasteiger partial charge in [0.1, 0.15) is 6.10 Å². The largest absolute Gasteiger partial charge is 0.370 e. The van der Waals surface area contributed by atoms with E-state index < -0.39 is 6.10 Å². The van der Waals surface area contributed by atoms with E-state index in [2.05, 4.69) is 15.5 Å². The highest BCUT2D eigenvalue weighted by atomic mass is 35.5. The van der Waals surface area contributed by atoms with Crippen molar-refractivity contribution in [1.29, 1.82) is 0 Å². The monoisotopic (exact) mass is 323 g/mol. The number of rotatable bonds is 3. The summed E-state index contributed by atoms with van der Waals surface area (Å²) in [7, 11) is 0. The van der Waals surface area contributed by atoms with Crippen molar-refractivity contribution in [3.63, 3.8) is 0 Å². The third kappa shape index (κ3) is 3.72. The van der Waals surface area contributed by atoms with Crippen LogP contribution in [0.25, 0.3) is 0 Å². The lowest BCUT2D eigenvalue weighted by molar-refractivity contribution is -0.128. The van der Waals surface area contributed by atoms with Gasteiger partial charge in [0, 0.05) is 31.2 Å². The first-order valence-electron chi connectivity index (χ1n) is 7.92. The van der Waals surface area contributed by atoms with E-state index in [4.69, 9.17) is 16.3 Å². The topological polar surface area (TPSA) is 53.6 Å². The lowest BCUT2D eigenvalue weighted by atomic mass is 10.1. The highest BCUT2D eigenvalue weighted by molar-refractivity contribution is 6.31. The molecule has 0 aliphatic carbocycles. The molecule has 1 amide bonds. The standard InChI is InChI=1S/C16H22ClN3O2/c17-12-4-5-14(20-7-2-1-3-8-20)13(10-12)19-16(21)15-11-18-6-9-22-15/h4-5,10,15,18H,1-3,6-9,11H2,(H,19,21)/t15-/m1/s1. The second-order valence-electron chi connectivity index (χ2n) is 5.76. The van der Waals surface area contributed by atoms with E-state index in [0.29, 0.717) is 18.2 Å². The molecule has 2 fully saturated rings. The summed E-state index contributed by atoms with van der Waals surface area (Å²) in [5.41, 5.74) is 1.81. The molecule has 0 radical (unpaired) electrons. The predicted octanol–water partition coefficient (Wildman–Crippen LogP) is 2.26. The second kappa shape index (κ2) is 7.31. The Morgan fingerprint density at radius 2 is 2.14 bits per heavy atom. The van der Waals surface area contributed by atoms with E-state index >= 15 is 0 Å². The maximum Gasteiger partial charge on any atom is 0.254 e. The molecule has 2 N–H and O–H groups in total. The maximum absolute atomic E-state index is 12.4. The molecule has 2 saturated heterocycles. The Hall–Kier alpha value is -1.30. The van der Waals surface area contributed by atoms with Crippen molar-refractivity contribution in [3.05, 3.63) is 23.2 Å². The molecule has 0 spiro atoms. The van der Waals surface area contributed by atoms with Crippen LogP contribution in [0.3, 0.4) is 0 Å². The Balaban J connectivity index is 1.76. The molecule has 0 aromatic heterocycles. The van der Waals surface area contributed by atoms with E-state index in [1.807, 2.05) is 18.2 Å². The molecule has 5 nitrogen and oxygen atoms in total. The summed E-state index contributed by atoms with van der Waals surface area (Å²) in [6.45, 7) is 3.94. The third-order valence-electron chi connectivity index (χ3n) is 4.13. The summed E-state index contributed by atoms with van der Waals surface area (Å²) in [5.74, 6) is -0.118. The van der Waals surface area contributed by atoms with E-state index in [1.165, 1.54) is 19.3 Å². The molecule has 1 aromatic rings. The molecule has 2 aliphatic rings. The predicted molar refractivity (Wildman–Crippen MR) is 88.8 cm³/mol. The van der Waals surface area contributed by atoms with Crippen LogP contribution in [0.1, 0.15) is 19.3 Å². The molecule has 0 unspecified atom stereocenters. The van der Waals surface area contributed by atoms with Crippen molar-refractivity contribution in [1.82, 2.24) is 5.32 Å². The fourth-order valence-corrected chi connectivity index (χ4v) is 3.14. The quantitative estimate of drug-likeness (QED) is 0.896. The van der Waals surface area contributed by atoms with Gasteiger partial charge in [0.2, 0.25) is 0 Å². The minimum Gasteiger partial charge on any atom is -0.370 e. The van der Waals surface area contributed by atoms with Crippen LogP contribution in [0.2, 0.25) is 5.02 Å². The van der Waals surface area contributed by atoms with Crippen molar-refractivity contribution in [3.8, 4) is 0 Å². The lowest BCUT2D eigenvalue weighted by Crippen LogP contribution is -2.45. The number of halogens is 1. The lowest BCUT2D eigenvalue weighted by Gasteiger charge is -2.31. The van der Waals surface area contributed by atoms with Gasteiger partial charge in [-0.3, -0.25) is 4.79 Å². The minimum atomic E-state index is -0.443. The van der Waals surface area contributed by atoms with Crippen molar-refractivity contribution < 1.29 is 9.53 Å². The average Bonchev–Trinajstić information content (AvgIpc) is 2.56. The number of ether oxygens (including phenoxy) is 1. The van der Waals surface area contributed by atoms with Gasteiger partial charge in [-0.05, 0) is 37.5 Å². The summed E-state index contributed by atoms with van der Waals surface area (Å²) in [6, 6.07) is 5.68. The van der Waals surface area contributed by atoms with Gasteiger partial charge in [0.15, 0.2) is 0 Å². The Kier molecular flexibility index (Phi) is 5.18. The number of morpholine rings is 1. The maximum atomic E-state index is 12.4. The molecule has 120 valence electrons. The van der Waals surface area contributed by atoms with Crippen molar-refractivity contribution in [2.75, 3.05) is 43.0 Å². The Morgan fingerprint density at radius 1 is 1.32 bits per heavy atom. The number of nitrogens with one attached hydrogen (secondary N) is 2. The summed E-state index contributed by atoms with van der Waals surface area (Å²) in [6.07, 6.45) is 3.20. The number of carbonyl (C=O) groups is 1. The third-order valence-corrected chi connectivity index (χ3v) is 4.37. The number of hydrogen-bond donors (Lipinski definition) is 2. The highest BCUT2D eigenvalue weighted by Gasteiger charge is 2.23. The van der Waals surface area contributed by atoms with Crippen LogP contribution in [0.15, 0.2) is 18.2 Å². The smallest absolute Gasteiger partial charge is 0.254 e. The van der Waals surface area contributed by atoms with Crippen molar-refractivity contribution in [2.24, 2.45) is 0 Å². The van der Waals surface area contributed by atoms with Gasteiger partial charge < -0.3 is 20.3 Å². The number of hydrogen-bond acceptors (Lipinski definition) is 4. The normalized spacial score (nSPS) is 22.4. The molecule has 2 aliphatic heterocycles. The first-order valence-corrected chi connectivity index (χ1v) is 8.29. The van der Waals surface area contributed by atoms with Crippen LogP contribution in [0, 0.1) is 0 Å². The molecule has 3 rings (SSSR count). The van der Waals surface area contributed by atoms with Crippen LogP contribution >= 0.6 is 11.6 Å². The van der Waals surface area contributed by atoms with E-state index in [1.54, 1.807) is 0 Å². The van der Waals surface area contributed by atoms with Crippen LogP contribution < -0.4 is 15.5 Å². The van der Waals surface area contributed by atoms with E-state index in [0.717, 1.165) is 31.0 Å². The zero-order valence-corrected chi connectivity index (χ0v) is 13.4. The zero-order chi connectivity index (χ0) is 15.4. The molecule has 6 heteroatoms. The Morgan fingerprint density at radius 3 is 2.86 bits per heavy atom. The zero-order valence-electron chi connectivity index (χ0n) is 12.6. The van der Waals surface area contributed by atoms with Gasteiger partial charge in [-0.2, -0.15) is 0 Å². The summed E-state index contributed by atoms with van der Waals surface area (Å²) in [5, 5.41) is 6.78. The molecule has 1 atom stereocenters. The number of benzene rings is 1. The van der Waals surface area contributed by atoms with Gasteiger partial charge in [0.05, 0.1) is 18.0 Å². The fourth-order valence-electron chi connectivity index (χ4n) is 2.97. The van der Waals surface area contributed by atoms with Crippen LogP contribution in [0.5, 0.6) is 0 Å². The van der Waals surface area contributed by atoms with Crippen LogP contribution in [-0.2, 0) is 9.53 Å². The number of carbonyl (C=O) groups excluding carboxylic acids is 1. The fraction of sp³-hybridized carbons (Fsp3) is 0.562. The Labute approximate surface area is 136 Å². The van der Waals surface area contributed by atoms with Gasteiger partial charge >= 0.3 is 0 Å². The SMILES string of the molecule is O=C(Nc1cc(Cl)ccc1N1CCCCC1)[C@H]1CNCCO1. The highest BCUT2D eigenvalue weighted by Crippen LogP contribution is 2.31. The van der Waals surface area contributed by atoms with Gasteiger partial charge in [0.25, 0.3) is 5.91 Å². The summed E-state index contributed by atoms with van der Waals surface area (Å²) in [4.78, 5) is 14.7.